The van der Waals surface area contributed by atoms with Gasteiger partial charge in [-0.05, 0) is 103 Å². The van der Waals surface area contributed by atoms with Crippen molar-refractivity contribution in [1.29, 1.82) is 0 Å². The van der Waals surface area contributed by atoms with E-state index in [0.717, 1.165) is 122 Å². The molecule has 0 rings (SSSR count). The Hall–Kier alpha value is -3.41. The molecule has 0 aromatic heterocycles. The number of ether oxygens (including phenoxy) is 3. The topological polar surface area (TPSA) is 78.9 Å². The summed E-state index contributed by atoms with van der Waals surface area (Å²) in [6.07, 6.45) is 65.7. The van der Waals surface area contributed by atoms with Crippen molar-refractivity contribution in [1.82, 2.24) is 0 Å². The summed E-state index contributed by atoms with van der Waals surface area (Å²) in [6, 6.07) is 0. The Morgan fingerprint density at radius 2 is 0.683 bits per heavy atom. The molecular formula is C57H96O6. The first kappa shape index (κ1) is 59.6. The van der Waals surface area contributed by atoms with Crippen molar-refractivity contribution in [2.45, 2.75) is 245 Å². The molecule has 0 aliphatic heterocycles. The van der Waals surface area contributed by atoms with E-state index in [9.17, 15) is 14.4 Å². The summed E-state index contributed by atoms with van der Waals surface area (Å²) in [7, 11) is 0. The number of unbranched alkanes of at least 4 members (excludes halogenated alkanes) is 22. The summed E-state index contributed by atoms with van der Waals surface area (Å²) in [5, 5.41) is 0. The average molecular weight is 877 g/mol. The lowest BCUT2D eigenvalue weighted by Gasteiger charge is -2.18. The van der Waals surface area contributed by atoms with Gasteiger partial charge < -0.3 is 14.2 Å². The van der Waals surface area contributed by atoms with Gasteiger partial charge in [-0.3, -0.25) is 14.4 Å². The zero-order chi connectivity index (χ0) is 45.8. The van der Waals surface area contributed by atoms with Gasteiger partial charge >= 0.3 is 17.9 Å². The Morgan fingerprint density at radius 1 is 0.349 bits per heavy atom. The van der Waals surface area contributed by atoms with Crippen molar-refractivity contribution in [3.8, 4) is 0 Å². The Balaban J connectivity index is 4.45. The second-order valence-electron chi connectivity index (χ2n) is 17.1. The molecule has 0 saturated heterocycles. The quantitative estimate of drug-likeness (QED) is 0.0199. The van der Waals surface area contributed by atoms with Gasteiger partial charge in [0, 0.05) is 19.3 Å². The van der Waals surface area contributed by atoms with Crippen molar-refractivity contribution in [3.63, 3.8) is 0 Å². The summed E-state index contributed by atoms with van der Waals surface area (Å²) in [4.78, 5) is 37.9. The lowest BCUT2D eigenvalue weighted by molar-refractivity contribution is -0.167. The first-order valence-electron chi connectivity index (χ1n) is 26.1. The third-order valence-electron chi connectivity index (χ3n) is 10.9. The van der Waals surface area contributed by atoms with Crippen molar-refractivity contribution in [3.05, 3.63) is 85.1 Å². The number of rotatable bonds is 46. The van der Waals surface area contributed by atoms with E-state index in [4.69, 9.17) is 14.2 Å². The second-order valence-corrected chi connectivity index (χ2v) is 17.1. The molecule has 0 aliphatic carbocycles. The highest BCUT2D eigenvalue weighted by molar-refractivity contribution is 5.71. The van der Waals surface area contributed by atoms with Gasteiger partial charge in [0.1, 0.15) is 13.2 Å². The Morgan fingerprint density at radius 3 is 1.14 bits per heavy atom. The largest absolute Gasteiger partial charge is 0.462 e. The van der Waals surface area contributed by atoms with Crippen molar-refractivity contribution < 1.29 is 28.6 Å². The maximum atomic E-state index is 12.8. The molecule has 0 aliphatic rings. The monoisotopic (exact) mass is 877 g/mol. The van der Waals surface area contributed by atoms with Crippen LogP contribution >= 0.6 is 0 Å². The molecule has 0 N–H and O–H groups in total. The Labute approximate surface area is 388 Å². The van der Waals surface area contributed by atoms with Gasteiger partial charge in [-0.1, -0.05) is 202 Å². The molecular weight excluding hydrogens is 781 g/mol. The summed E-state index contributed by atoms with van der Waals surface area (Å²) in [5.41, 5.74) is 0. The van der Waals surface area contributed by atoms with Gasteiger partial charge in [0.25, 0.3) is 0 Å². The van der Waals surface area contributed by atoms with Gasteiger partial charge in [0.2, 0.25) is 0 Å². The van der Waals surface area contributed by atoms with Crippen LogP contribution in [0, 0.1) is 0 Å². The highest BCUT2D eigenvalue weighted by Gasteiger charge is 2.19. The van der Waals surface area contributed by atoms with E-state index >= 15 is 0 Å². The number of hydrogen-bond acceptors (Lipinski definition) is 6. The summed E-state index contributed by atoms with van der Waals surface area (Å²) >= 11 is 0. The maximum absolute atomic E-state index is 12.8. The minimum absolute atomic E-state index is 0.0997. The average Bonchev–Trinajstić information content (AvgIpc) is 3.28. The van der Waals surface area contributed by atoms with E-state index in [1.54, 1.807) is 0 Å². The zero-order valence-corrected chi connectivity index (χ0v) is 41.1. The molecule has 0 amide bonds. The molecule has 63 heavy (non-hydrogen) atoms. The molecule has 0 spiro atoms. The lowest BCUT2D eigenvalue weighted by Crippen LogP contribution is -2.30. The SMILES string of the molecule is CC/C=C\C/C=C\C/C=C\C/C=C\CCCCCC(=O)OC(COC(=O)CCCCCCC/C=C\C=C/CCCCCCCCC)COC(=O)CCCCCCC/C=C\CCCC. The fourth-order valence-electron chi connectivity index (χ4n) is 6.93. The Bertz CT molecular complexity index is 1240. The standard InChI is InChI=1S/C57H96O6/c1-4-7-10-13-16-19-22-24-26-28-29-31-32-35-38-41-44-47-50-56(59)62-53-54(52-61-55(58)49-46-43-40-37-34-21-18-15-12-9-6-3)63-57(60)51-48-45-42-39-36-33-30-27-25-23-20-17-14-11-8-5-2/h8,11,15,17-18,20,25-29,31,33,36,54H,4-7,9-10,12-14,16,19,21-24,30,32,34-35,37-53H2,1-3H3/b11-8-,18-15-,20-17-,27-25-,28-26-,31-29-,36-33-. The highest BCUT2D eigenvalue weighted by Crippen LogP contribution is 2.13. The van der Waals surface area contributed by atoms with E-state index in [2.05, 4.69) is 106 Å². The number of carbonyl (C=O) groups is 3. The van der Waals surface area contributed by atoms with Gasteiger partial charge in [0.15, 0.2) is 6.10 Å². The van der Waals surface area contributed by atoms with Crippen molar-refractivity contribution in [2.75, 3.05) is 13.2 Å². The van der Waals surface area contributed by atoms with E-state index in [1.807, 2.05) is 0 Å². The van der Waals surface area contributed by atoms with E-state index in [0.29, 0.717) is 12.8 Å². The second kappa shape index (κ2) is 51.2. The van der Waals surface area contributed by atoms with Crippen LogP contribution in [-0.2, 0) is 28.6 Å². The molecule has 0 bridgehead atoms. The molecule has 6 nitrogen and oxygen atoms in total. The summed E-state index contributed by atoms with van der Waals surface area (Å²) in [5.74, 6) is -0.957. The third-order valence-corrected chi connectivity index (χ3v) is 10.9. The van der Waals surface area contributed by atoms with Crippen molar-refractivity contribution in [2.24, 2.45) is 0 Å². The smallest absolute Gasteiger partial charge is 0.306 e. The van der Waals surface area contributed by atoms with Crippen LogP contribution in [0.4, 0.5) is 0 Å². The molecule has 0 radical (unpaired) electrons. The van der Waals surface area contributed by atoms with Gasteiger partial charge in [-0.15, -0.1) is 0 Å². The van der Waals surface area contributed by atoms with Crippen LogP contribution < -0.4 is 0 Å². The molecule has 0 aromatic carbocycles. The van der Waals surface area contributed by atoms with Crippen LogP contribution in [-0.4, -0.2) is 37.2 Å². The number of hydrogen-bond donors (Lipinski definition) is 0. The molecule has 1 unspecified atom stereocenters. The number of allylic oxidation sites excluding steroid dienone is 14. The fraction of sp³-hybridized carbons (Fsp3) is 0.702. The van der Waals surface area contributed by atoms with E-state index in [1.165, 1.54) is 77.0 Å². The third kappa shape index (κ3) is 49.5. The minimum Gasteiger partial charge on any atom is -0.462 e. The van der Waals surface area contributed by atoms with Crippen LogP contribution in [0.15, 0.2) is 85.1 Å². The van der Waals surface area contributed by atoms with Crippen LogP contribution in [0.25, 0.3) is 0 Å². The van der Waals surface area contributed by atoms with Crippen LogP contribution in [0.1, 0.15) is 239 Å². The number of carbonyl (C=O) groups excluding carboxylic acids is 3. The van der Waals surface area contributed by atoms with Crippen LogP contribution in [0.5, 0.6) is 0 Å². The predicted molar refractivity (Wildman–Crippen MR) is 270 cm³/mol. The molecule has 360 valence electrons. The van der Waals surface area contributed by atoms with Crippen LogP contribution in [0.3, 0.4) is 0 Å². The molecule has 0 aromatic rings. The summed E-state index contributed by atoms with van der Waals surface area (Å²) < 4.78 is 16.7. The highest BCUT2D eigenvalue weighted by atomic mass is 16.6. The zero-order valence-electron chi connectivity index (χ0n) is 41.1. The van der Waals surface area contributed by atoms with Crippen molar-refractivity contribution >= 4 is 17.9 Å². The van der Waals surface area contributed by atoms with E-state index < -0.39 is 6.10 Å². The molecule has 0 fully saturated rings. The molecule has 1 atom stereocenters. The number of esters is 3. The molecule has 0 heterocycles. The van der Waals surface area contributed by atoms with Gasteiger partial charge in [-0.2, -0.15) is 0 Å². The molecule has 6 heteroatoms. The van der Waals surface area contributed by atoms with Gasteiger partial charge in [0.05, 0.1) is 0 Å². The van der Waals surface area contributed by atoms with Crippen LogP contribution in [0.2, 0.25) is 0 Å². The fourth-order valence-corrected chi connectivity index (χ4v) is 6.93. The predicted octanol–water partition coefficient (Wildman–Crippen LogP) is 17.2. The summed E-state index contributed by atoms with van der Waals surface area (Å²) in [6.45, 7) is 6.43. The first-order chi connectivity index (χ1) is 31.0. The molecule has 0 saturated carbocycles. The Kier molecular flexibility index (Phi) is 48.5. The minimum atomic E-state index is -0.802. The van der Waals surface area contributed by atoms with Gasteiger partial charge in [-0.25, -0.2) is 0 Å². The normalized spacial score (nSPS) is 12.7. The lowest BCUT2D eigenvalue weighted by atomic mass is 10.1. The van der Waals surface area contributed by atoms with E-state index in [-0.39, 0.29) is 37.5 Å². The maximum Gasteiger partial charge on any atom is 0.306 e. The first-order valence-corrected chi connectivity index (χ1v) is 26.1.